The van der Waals surface area contributed by atoms with Gasteiger partial charge in [0.15, 0.2) is 0 Å². The zero-order chi connectivity index (χ0) is 7.84. The first-order valence-corrected chi connectivity index (χ1v) is 4.67. The van der Waals surface area contributed by atoms with Gasteiger partial charge in [0.1, 0.15) is 0 Å². The van der Waals surface area contributed by atoms with Crippen molar-refractivity contribution in [1.82, 2.24) is 0 Å². The Morgan fingerprint density at radius 2 is 2.18 bits per heavy atom. The Morgan fingerprint density at radius 1 is 1.36 bits per heavy atom. The predicted octanol–water partition coefficient (Wildman–Crippen LogP) is 0.742. The lowest BCUT2D eigenvalue weighted by Crippen LogP contribution is -2.36. The van der Waals surface area contributed by atoms with E-state index in [-0.39, 0.29) is 12.6 Å². The molecule has 2 saturated carbocycles. The quantitative estimate of drug-likeness (QED) is 0.618. The number of hydrogen-bond acceptors (Lipinski definition) is 2. The highest BCUT2D eigenvalue weighted by Crippen LogP contribution is 2.49. The van der Waals surface area contributed by atoms with Crippen LogP contribution in [-0.2, 0) is 0 Å². The Labute approximate surface area is 67.8 Å². The first-order valence-electron chi connectivity index (χ1n) is 4.67. The fraction of sp³-hybridized carbons (Fsp3) is 1.00. The summed E-state index contributed by atoms with van der Waals surface area (Å²) in [6.45, 7) is 0.174. The number of aliphatic hydroxyl groups is 1. The summed E-state index contributed by atoms with van der Waals surface area (Å²) >= 11 is 0. The number of aliphatic hydroxyl groups excluding tert-OH is 1. The van der Waals surface area contributed by atoms with Crippen LogP contribution in [0.3, 0.4) is 0 Å². The molecule has 2 nitrogen and oxygen atoms in total. The van der Waals surface area contributed by atoms with E-state index in [1.165, 1.54) is 25.7 Å². The maximum Gasteiger partial charge on any atom is 0.0585 e. The van der Waals surface area contributed by atoms with Gasteiger partial charge >= 0.3 is 0 Å². The van der Waals surface area contributed by atoms with Crippen molar-refractivity contribution in [1.29, 1.82) is 0 Å². The summed E-state index contributed by atoms with van der Waals surface area (Å²) in [5.41, 5.74) is 5.81. The van der Waals surface area contributed by atoms with Gasteiger partial charge in [-0.25, -0.2) is 0 Å². The molecule has 4 atom stereocenters. The summed E-state index contributed by atoms with van der Waals surface area (Å²) in [5, 5.41) is 8.90. The van der Waals surface area contributed by atoms with Crippen molar-refractivity contribution in [2.45, 2.75) is 31.7 Å². The minimum atomic E-state index is 0.0605. The first-order chi connectivity index (χ1) is 5.31. The number of hydrogen-bond donors (Lipinski definition) is 2. The fourth-order valence-electron chi connectivity index (χ4n) is 2.95. The maximum atomic E-state index is 8.90. The lowest BCUT2D eigenvalue weighted by Gasteiger charge is -2.26. The molecular weight excluding hydrogens is 138 g/mol. The molecule has 0 aliphatic heterocycles. The SMILES string of the molecule is N[C@H](CO)C1CC2CCC1C2. The Hall–Kier alpha value is -0.0800. The molecule has 0 aromatic carbocycles. The van der Waals surface area contributed by atoms with Crippen LogP contribution >= 0.6 is 0 Å². The molecule has 0 aromatic rings. The van der Waals surface area contributed by atoms with Gasteiger partial charge in [0, 0.05) is 6.04 Å². The van der Waals surface area contributed by atoms with Gasteiger partial charge in [0.2, 0.25) is 0 Å². The second-order valence-electron chi connectivity index (χ2n) is 4.19. The van der Waals surface area contributed by atoms with Crippen molar-refractivity contribution in [3.05, 3.63) is 0 Å². The van der Waals surface area contributed by atoms with Gasteiger partial charge in [-0.1, -0.05) is 6.42 Å². The summed E-state index contributed by atoms with van der Waals surface area (Å²) in [5.74, 6) is 2.43. The second-order valence-corrected chi connectivity index (χ2v) is 4.19. The second kappa shape index (κ2) is 2.76. The van der Waals surface area contributed by atoms with E-state index in [0.717, 1.165) is 11.8 Å². The molecule has 2 fully saturated rings. The topological polar surface area (TPSA) is 46.2 Å². The van der Waals surface area contributed by atoms with Crippen LogP contribution in [0.25, 0.3) is 0 Å². The van der Waals surface area contributed by atoms with Gasteiger partial charge < -0.3 is 10.8 Å². The number of nitrogens with two attached hydrogens (primary N) is 1. The van der Waals surface area contributed by atoms with E-state index >= 15 is 0 Å². The van der Waals surface area contributed by atoms with E-state index in [9.17, 15) is 0 Å². The van der Waals surface area contributed by atoms with Crippen molar-refractivity contribution < 1.29 is 5.11 Å². The summed E-state index contributed by atoms with van der Waals surface area (Å²) < 4.78 is 0. The molecule has 0 saturated heterocycles. The van der Waals surface area contributed by atoms with Gasteiger partial charge in [0.05, 0.1) is 6.61 Å². The molecule has 2 bridgehead atoms. The van der Waals surface area contributed by atoms with E-state index in [4.69, 9.17) is 10.8 Å². The van der Waals surface area contributed by atoms with Crippen LogP contribution in [-0.4, -0.2) is 17.8 Å². The molecular formula is C9H17NO. The number of fused-ring (bicyclic) bond motifs is 2. The minimum absolute atomic E-state index is 0.0605. The highest BCUT2D eigenvalue weighted by molar-refractivity contribution is 4.93. The van der Waals surface area contributed by atoms with Crippen molar-refractivity contribution in [3.63, 3.8) is 0 Å². The molecule has 0 spiro atoms. The van der Waals surface area contributed by atoms with Crippen LogP contribution in [0, 0.1) is 17.8 Å². The third-order valence-electron chi connectivity index (χ3n) is 3.55. The monoisotopic (exact) mass is 155 g/mol. The van der Waals surface area contributed by atoms with Crippen molar-refractivity contribution in [2.75, 3.05) is 6.61 Å². The molecule has 3 N–H and O–H groups in total. The average Bonchev–Trinajstić information content (AvgIpc) is 2.62. The summed E-state index contributed by atoms with van der Waals surface area (Å²) in [6.07, 6.45) is 5.45. The van der Waals surface area contributed by atoms with Crippen LogP contribution in [0.1, 0.15) is 25.7 Å². The van der Waals surface area contributed by atoms with E-state index in [2.05, 4.69) is 0 Å². The van der Waals surface area contributed by atoms with E-state index in [1.54, 1.807) is 0 Å². The van der Waals surface area contributed by atoms with Crippen LogP contribution in [0.4, 0.5) is 0 Å². The maximum absolute atomic E-state index is 8.90. The van der Waals surface area contributed by atoms with Crippen LogP contribution in [0.15, 0.2) is 0 Å². The van der Waals surface area contributed by atoms with E-state index in [1.807, 2.05) is 0 Å². The summed E-state index contributed by atoms with van der Waals surface area (Å²) in [4.78, 5) is 0. The molecule has 0 aromatic heterocycles. The molecule has 11 heavy (non-hydrogen) atoms. The first kappa shape index (κ1) is 7.56. The minimum Gasteiger partial charge on any atom is -0.395 e. The smallest absolute Gasteiger partial charge is 0.0585 e. The van der Waals surface area contributed by atoms with Crippen LogP contribution < -0.4 is 5.73 Å². The summed E-state index contributed by atoms with van der Waals surface area (Å²) in [7, 11) is 0. The number of rotatable bonds is 2. The zero-order valence-corrected chi connectivity index (χ0v) is 6.87. The molecule has 3 unspecified atom stereocenters. The molecule has 64 valence electrons. The molecule has 2 rings (SSSR count). The molecule has 0 amide bonds. The Morgan fingerprint density at radius 3 is 2.64 bits per heavy atom. The largest absolute Gasteiger partial charge is 0.395 e. The normalized spacial score (nSPS) is 44.7. The Balaban J connectivity index is 1.96. The Kier molecular flexibility index (Phi) is 1.90. The van der Waals surface area contributed by atoms with E-state index < -0.39 is 0 Å². The zero-order valence-electron chi connectivity index (χ0n) is 6.87. The van der Waals surface area contributed by atoms with Gasteiger partial charge in [-0.05, 0) is 37.0 Å². The lowest BCUT2D eigenvalue weighted by atomic mass is 9.84. The third kappa shape index (κ3) is 1.18. The van der Waals surface area contributed by atoms with Gasteiger partial charge in [-0.15, -0.1) is 0 Å². The molecule has 0 heterocycles. The van der Waals surface area contributed by atoms with Crippen LogP contribution in [0.5, 0.6) is 0 Å². The van der Waals surface area contributed by atoms with E-state index in [0.29, 0.717) is 5.92 Å². The van der Waals surface area contributed by atoms with Crippen molar-refractivity contribution in [3.8, 4) is 0 Å². The van der Waals surface area contributed by atoms with Crippen molar-refractivity contribution in [2.24, 2.45) is 23.5 Å². The summed E-state index contributed by atoms with van der Waals surface area (Å²) in [6, 6.07) is 0.0605. The fourth-order valence-corrected chi connectivity index (χ4v) is 2.95. The van der Waals surface area contributed by atoms with Gasteiger partial charge in [-0.3, -0.25) is 0 Å². The Bertz CT molecular complexity index is 148. The predicted molar refractivity (Wildman–Crippen MR) is 44.0 cm³/mol. The average molecular weight is 155 g/mol. The standard InChI is InChI=1S/C9H17NO/c10-9(5-11)8-4-6-1-2-7(8)3-6/h6-9,11H,1-5,10H2/t6?,7?,8?,9-/m1/s1. The highest BCUT2D eigenvalue weighted by atomic mass is 16.3. The van der Waals surface area contributed by atoms with Gasteiger partial charge in [0.25, 0.3) is 0 Å². The molecule has 2 heteroatoms. The van der Waals surface area contributed by atoms with Crippen LogP contribution in [0.2, 0.25) is 0 Å². The lowest BCUT2D eigenvalue weighted by molar-refractivity contribution is 0.188. The molecule has 2 aliphatic rings. The molecule has 0 radical (unpaired) electrons. The highest BCUT2D eigenvalue weighted by Gasteiger charge is 2.41. The van der Waals surface area contributed by atoms with Crippen molar-refractivity contribution >= 4 is 0 Å². The third-order valence-corrected chi connectivity index (χ3v) is 3.55. The van der Waals surface area contributed by atoms with Gasteiger partial charge in [-0.2, -0.15) is 0 Å². The molecule has 2 aliphatic carbocycles.